The molecule has 0 radical (unpaired) electrons. The Morgan fingerprint density at radius 1 is 0.800 bits per heavy atom. The lowest BCUT2D eigenvalue weighted by Crippen LogP contribution is -1.94. The second-order valence-electron chi connectivity index (χ2n) is 4.18. The first kappa shape index (κ1) is 13.5. The molecule has 0 heterocycles. The molecule has 0 aromatic heterocycles. The predicted molar refractivity (Wildman–Crippen MR) is 75.5 cm³/mol. The van der Waals surface area contributed by atoms with Crippen LogP contribution in [0.15, 0.2) is 54.6 Å². The van der Waals surface area contributed by atoms with E-state index in [1.165, 1.54) is 6.08 Å². The number of carbonyl (C=O) groups is 2. The van der Waals surface area contributed by atoms with Gasteiger partial charge in [-0.05, 0) is 34.9 Å². The van der Waals surface area contributed by atoms with E-state index in [4.69, 9.17) is 10.2 Å². The molecule has 0 saturated carbocycles. The average Bonchev–Trinajstić information content (AvgIpc) is 2.46. The molecule has 0 aliphatic rings. The standard InChI is InChI=1S/C16H12O4/c17-15(18)10-3-11-1-4-12(5-2-11)13-6-8-14(9-7-13)16(19)20/h1-10H,(H,17,18)(H,19,20)/b10-3+. The van der Waals surface area contributed by atoms with Gasteiger partial charge in [-0.1, -0.05) is 36.4 Å². The van der Waals surface area contributed by atoms with Crippen molar-refractivity contribution < 1.29 is 19.8 Å². The van der Waals surface area contributed by atoms with Gasteiger partial charge in [0, 0.05) is 6.08 Å². The van der Waals surface area contributed by atoms with Crippen LogP contribution < -0.4 is 0 Å². The quantitative estimate of drug-likeness (QED) is 0.835. The first-order chi connectivity index (χ1) is 9.56. The van der Waals surface area contributed by atoms with Gasteiger partial charge in [0.25, 0.3) is 0 Å². The van der Waals surface area contributed by atoms with Gasteiger partial charge in [0.2, 0.25) is 0 Å². The highest BCUT2D eigenvalue weighted by Gasteiger charge is 2.03. The minimum absolute atomic E-state index is 0.245. The zero-order chi connectivity index (χ0) is 14.5. The summed E-state index contributed by atoms with van der Waals surface area (Å²) in [6, 6.07) is 13.9. The molecular weight excluding hydrogens is 256 g/mol. The second-order valence-corrected chi connectivity index (χ2v) is 4.18. The van der Waals surface area contributed by atoms with Crippen LogP contribution in [0.4, 0.5) is 0 Å². The van der Waals surface area contributed by atoms with Crippen molar-refractivity contribution >= 4 is 18.0 Å². The molecule has 0 spiro atoms. The molecule has 0 fully saturated rings. The molecule has 2 rings (SSSR count). The van der Waals surface area contributed by atoms with Crippen molar-refractivity contribution in [1.82, 2.24) is 0 Å². The molecule has 2 N–H and O–H groups in total. The molecule has 0 saturated heterocycles. The SMILES string of the molecule is O=C(O)/C=C/c1ccc(-c2ccc(C(=O)O)cc2)cc1. The largest absolute Gasteiger partial charge is 0.478 e. The van der Waals surface area contributed by atoms with Crippen molar-refractivity contribution in [1.29, 1.82) is 0 Å². The smallest absolute Gasteiger partial charge is 0.335 e. The molecule has 0 aliphatic heterocycles. The Kier molecular flexibility index (Phi) is 3.96. The Hall–Kier alpha value is -2.88. The summed E-state index contributed by atoms with van der Waals surface area (Å²) in [5.41, 5.74) is 2.88. The number of hydrogen-bond acceptors (Lipinski definition) is 2. The first-order valence-corrected chi connectivity index (χ1v) is 5.91. The highest BCUT2D eigenvalue weighted by molar-refractivity contribution is 5.88. The maximum absolute atomic E-state index is 10.8. The summed E-state index contributed by atoms with van der Waals surface area (Å²) < 4.78 is 0. The Morgan fingerprint density at radius 3 is 1.75 bits per heavy atom. The summed E-state index contributed by atoms with van der Waals surface area (Å²) in [7, 11) is 0. The van der Waals surface area contributed by atoms with Crippen molar-refractivity contribution in [3.8, 4) is 11.1 Å². The summed E-state index contributed by atoms with van der Waals surface area (Å²) in [5, 5.41) is 17.4. The number of rotatable bonds is 4. The number of aromatic carboxylic acids is 1. The third kappa shape index (κ3) is 3.32. The van der Waals surface area contributed by atoms with Crippen LogP contribution in [0.25, 0.3) is 17.2 Å². The predicted octanol–water partition coefficient (Wildman–Crippen LogP) is 3.15. The highest BCUT2D eigenvalue weighted by atomic mass is 16.4. The van der Waals surface area contributed by atoms with Gasteiger partial charge in [-0.2, -0.15) is 0 Å². The Labute approximate surface area is 115 Å². The van der Waals surface area contributed by atoms with Gasteiger partial charge in [0.15, 0.2) is 0 Å². The number of benzene rings is 2. The van der Waals surface area contributed by atoms with E-state index in [2.05, 4.69) is 0 Å². The van der Waals surface area contributed by atoms with Crippen LogP contribution in [-0.2, 0) is 4.79 Å². The van der Waals surface area contributed by atoms with E-state index < -0.39 is 11.9 Å². The average molecular weight is 268 g/mol. The van der Waals surface area contributed by atoms with E-state index in [1.807, 2.05) is 12.1 Å². The summed E-state index contributed by atoms with van der Waals surface area (Å²) in [5.74, 6) is -1.94. The number of carboxylic acids is 2. The van der Waals surface area contributed by atoms with Crippen LogP contribution in [0.5, 0.6) is 0 Å². The monoisotopic (exact) mass is 268 g/mol. The number of carboxylic acid groups (broad SMARTS) is 2. The molecule has 0 aliphatic carbocycles. The number of hydrogen-bond donors (Lipinski definition) is 2. The van der Waals surface area contributed by atoms with Crippen molar-refractivity contribution in [3.63, 3.8) is 0 Å². The second kappa shape index (κ2) is 5.84. The topological polar surface area (TPSA) is 74.6 Å². The van der Waals surface area contributed by atoms with Crippen LogP contribution in [0.3, 0.4) is 0 Å². The third-order valence-corrected chi connectivity index (χ3v) is 2.79. The van der Waals surface area contributed by atoms with E-state index >= 15 is 0 Å². The molecule has 4 nitrogen and oxygen atoms in total. The summed E-state index contributed by atoms with van der Waals surface area (Å²) in [6.45, 7) is 0. The Bertz CT molecular complexity index is 652. The van der Waals surface area contributed by atoms with Gasteiger partial charge < -0.3 is 10.2 Å². The summed E-state index contributed by atoms with van der Waals surface area (Å²) in [6.07, 6.45) is 2.59. The van der Waals surface area contributed by atoms with Crippen LogP contribution in [0, 0.1) is 0 Å². The Balaban J connectivity index is 2.21. The van der Waals surface area contributed by atoms with Crippen LogP contribution in [-0.4, -0.2) is 22.2 Å². The van der Waals surface area contributed by atoms with Gasteiger partial charge in [0.05, 0.1) is 5.56 Å². The van der Waals surface area contributed by atoms with Crippen molar-refractivity contribution in [2.24, 2.45) is 0 Å². The highest BCUT2D eigenvalue weighted by Crippen LogP contribution is 2.20. The van der Waals surface area contributed by atoms with Gasteiger partial charge >= 0.3 is 11.9 Å². The van der Waals surface area contributed by atoms with E-state index in [0.29, 0.717) is 0 Å². The summed E-state index contributed by atoms with van der Waals surface area (Å²) >= 11 is 0. The molecule has 4 heteroatoms. The van der Waals surface area contributed by atoms with E-state index in [-0.39, 0.29) is 5.56 Å². The number of aliphatic carboxylic acids is 1. The lowest BCUT2D eigenvalue weighted by atomic mass is 10.0. The van der Waals surface area contributed by atoms with Gasteiger partial charge in [-0.3, -0.25) is 0 Å². The van der Waals surface area contributed by atoms with Crippen LogP contribution in [0.2, 0.25) is 0 Å². The fraction of sp³-hybridized carbons (Fsp3) is 0. The van der Waals surface area contributed by atoms with E-state index in [9.17, 15) is 9.59 Å². The molecule has 0 bridgehead atoms. The molecule has 2 aromatic rings. The maximum atomic E-state index is 10.8. The van der Waals surface area contributed by atoms with Crippen LogP contribution in [0.1, 0.15) is 15.9 Å². The Morgan fingerprint density at radius 2 is 1.30 bits per heavy atom. The molecule has 0 amide bonds. The lowest BCUT2D eigenvalue weighted by Gasteiger charge is -2.03. The molecule has 0 unspecified atom stereocenters. The molecule has 20 heavy (non-hydrogen) atoms. The maximum Gasteiger partial charge on any atom is 0.335 e. The molecule has 0 atom stereocenters. The van der Waals surface area contributed by atoms with E-state index in [1.54, 1.807) is 36.4 Å². The summed E-state index contributed by atoms with van der Waals surface area (Å²) in [4.78, 5) is 21.2. The van der Waals surface area contributed by atoms with E-state index in [0.717, 1.165) is 22.8 Å². The van der Waals surface area contributed by atoms with Crippen molar-refractivity contribution in [2.45, 2.75) is 0 Å². The lowest BCUT2D eigenvalue weighted by molar-refractivity contribution is -0.131. The van der Waals surface area contributed by atoms with Crippen LogP contribution >= 0.6 is 0 Å². The minimum Gasteiger partial charge on any atom is -0.478 e. The normalized spacial score (nSPS) is 10.6. The molecule has 2 aromatic carbocycles. The molecule has 100 valence electrons. The molecular formula is C16H12O4. The van der Waals surface area contributed by atoms with Crippen molar-refractivity contribution in [3.05, 3.63) is 65.7 Å². The zero-order valence-electron chi connectivity index (χ0n) is 10.5. The first-order valence-electron chi connectivity index (χ1n) is 5.91. The van der Waals surface area contributed by atoms with Gasteiger partial charge in [-0.15, -0.1) is 0 Å². The van der Waals surface area contributed by atoms with Gasteiger partial charge in [0.1, 0.15) is 0 Å². The van der Waals surface area contributed by atoms with Gasteiger partial charge in [-0.25, -0.2) is 9.59 Å². The fourth-order valence-corrected chi connectivity index (χ4v) is 1.76. The van der Waals surface area contributed by atoms with Crippen molar-refractivity contribution in [2.75, 3.05) is 0 Å². The third-order valence-electron chi connectivity index (χ3n) is 2.79. The minimum atomic E-state index is -0.988. The fourth-order valence-electron chi connectivity index (χ4n) is 1.76. The zero-order valence-corrected chi connectivity index (χ0v) is 10.5.